The number of hydrogen-bond donors (Lipinski definition) is 1. The number of aromatic nitrogens is 1. The van der Waals surface area contributed by atoms with E-state index < -0.39 is 17.4 Å². The number of rotatable bonds is 6. The zero-order valence-corrected chi connectivity index (χ0v) is 17.2. The molecule has 0 radical (unpaired) electrons. The minimum atomic E-state index is -0.671. The second-order valence-electron chi connectivity index (χ2n) is 8.00. The van der Waals surface area contributed by atoms with Crippen LogP contribution in [0.5, 0.6) is 0 Å². The number of esters is 1. The molecule has 29 heavy (non-hydrogen) atoms. The van der Waals surface area contributed by atoms with Crippen molar-refractivity contribution in [3.8, 4) is 5.69 Å². The summed E-state index contributed by atoms with van der Waals surface area (Å²) >= 11 is 0. The van der Waals surface area contributed by atoms with Crippen molar-refractivity contribution in [2.24, 2.45) is 5.41 Å². The summed E-state index contributed by atoms with van der Waals surface area (Å²) in [5.74, 6) is -0.476. The zero-order valence-electron chi connectivity index (χ0n) is 17.2. The first kappa shape index (κ1) is 20.8. The minimum absolute atomic E-state index is 0.0744. The second kappa shape index (κ2) is 8.64. The largest absolute Gasteiger partial charge is 0.467 e. The van der Waals surface area contributed by atoms with Gasteiger partial charge in [0.25, 0.3) is 0 Å². The molecular weight excluding hydrogens is 368 g/mol. The van der Waals surface area contributed by atoms with E-state index in [0.29, 0.717) is 5.56 Å². The normalized spacial score (nSPS) is 22.5. The number of nitrogens with one attached hydrogen (secondary N) is 1. The lowest BCUT2D eigenvalue weighted by Gasteiger charge is -2.41. The highest BCUT2D eigenvalue weighted by Gasteiger charge is 2.44. The topological polar surface area (TPSA) is 77.4 Å². The van der Waals surface area contributed by atoms with E-state index >= 15 is 0 Å². The Morgan fingerprint density at radius 1 is 1.24 bits per heavy atom. The first-order valence-electron chi connectivity index (χ1n) is 10.0. The van der Waals surface area contributed by atoms with Crippen LogP contribution in [0.4, 0.5) is 0 Å². The monoisotopic (exact) mass is 396 g/mol. The molecule has 6 heteroatoms. The van der Waals surface area contributed by atoms with E-state index in [9.17, 15) is 14.4 Å². The molecule has 3 rings (SSSR count). The first-order chi connectivity index (χ1) is 13.9. The van der Waals surface area contributed by atoms with Gasteiger partial charge in [-0.05, 0) is 49.4 Å². The molecule has 1 amide bonds. The van der Waals surface area contributed by atoms with Crippen LogP contribution >= 0.6 is 0 Å². The molecule has 1 saturated carbocycles. The number of aldehydes is 1. The molecule has 1 fully saturated rings. The number of carbonyl (C=O) groups is 3. The van der Waals surface area contributed by atoms with Crippen LogP contribution in [-0.4, -0.2) is 35.9 Å². The fourth-order valence-electron chi connectivity index (χ4n) is 4.26. The molecule has 3 atom stereocenters. The minimum Gasteiger partial charge on any atom is -0.467 e. The predicted octanol–water partition coefficient (Wildman–Crippen LogP) is 3.63. The molecule has 6 nitrogen and oxygen atoms in total. The highest BCUT2D eigenvalue weighted by Crippen LogP contribution is 2.47. The van der Waals surface area contributed by atoms with Gasteiger partial charge in [0.15, 0.2) is 6.29 Å². The predicted molar refractivity (Wildman–Crippen MR) is 110 cm³/mol. The number of ether oxygens (including phenoxy) is 1. The number of amides is 1. The molecule has 1 aliphatic rings. The summed E-state index contributed by atoms with van der Waals surface area (Å²) in [4.78, 5) is 35.7. The van der Waals surface area contributed by atoms with Gasteiger partial charge in [0, 0.05) is 23.6 Å². The van der Waals surface area contributed by atoms with Gasteiger partial charge in [-0.1, -0.05) is 31.9 Å². The average molecular weight is 396 g/mol. The van der Waals surface area contributed by atoms with Crippen molar-refractivity contribution in [1.82, 2.24) is 9.88 Å². The zero-order chi connectivity index (χ0) is 21.0. The van der Waals surface area contributed by atoms with Crippen molar-refractivity contribution in [1.29, 1.82) is 0 Å². The summed E-state index contributed by atoms with van der Waals surface area (Å²) in [6.45, 7) is 3.64. The van der Waals surface area contributed by atoms with Gasteiger partial charge in [-0.2, -0.15) is 0 Å². The Labute approximate surface area is 171 Å². The second-order valence-corrected chi connectivity index (χ2v) is 8.00. The highest BCUT2D eigenvalue weighted by atomic mass is 16.5. The average Bonchev–Trinajstić information content (AvgIpc) is 3.23. The van der Waals surface area contributed by atoms with E-state index in [4.69, 9.17) is 4.74 Å². The van der Waals surface area contributed by atoms with E-state index in [1.54, 1.807) is 19.2 Å². The summed E-state index contributed by atoms with van der Waals surface area (Å²) in [7, 11) is 1.32. The summed E-state index contributed by atoms with van der Waals surface area (Å²) in [5.41, 5.74) is 2.12. The van der Waals surface area contributed by atoms with Gasteiger partial charge in [-0.3, -0.25) is 9.59 Å². The molecule has 0 bridgehead atoms. The summed E-state index contributed by atoms with van der Waals surface area (Å²) in [6.07, 6.45) is 8.23. The molecule has 3 unspecified atom stereocenters. The van der Waals surface area contributed by atoms with Gasteiger partial charge < -0.3 is 14.6 Å². The van der Waals surface area contributed by atoms with Gasteiger partial charge in [-0.25, -0.2) is 4.79 Å². The van der Waals surface area contributed by atoms with Crippen LogP contribution in [0, 0.1) is 5.41 Å². The van der Waals surface area contributed by atoms with Crippen LogP contribution in [0.2, 0.25) is 0 Å². The van der Waals surface area contributed by atoms with Gasteiger partial charge in [0.2, 0.25) is 5.91 Å². The molecule has 0 spiro atoms. The Kier molecular flexibility index (Phi) is 6.20. The summed E-state index contributed by atoms with van der Waals surface area (Å²) in [6, 6.07) is 9.23. The Morgan fingerprint density at radius 2 is 1.97 bits per heavy atom. The lowest BCUT2D eigenvalue weighted by Crippen LogP contribution is -2.49. The Hall–Kier alpha value is -2.89. The van der Waals surface area contributed by atoms with Crippen LogP contribution in [0.15, 0.2) is 42.7 Å². The number of benzene rings is 1. The number of methoxy groups -OCH3 is 1. The third-order valence-electron chi connectivity index (χ3n) is 6.07. The number of nitrogens with zero attached hydrogens (tertiary/aromatic N) is 1. The Bertz CT molecular complexity index is 887. The molecule has 154 valence electrons. The van der Waals surface area contributed by atoms with Crippen LogP contribution in [0.25, 0.3) is 5.69 Å². The molecule has 0 saturated heterocycles. The van der Waals surface area contributed by atoms with Crippen LogP contribution < -0.4 is 5.32 Å². The maximum absolute atomic E-state index is 13.1. The SMILES string of the molecule is COC(=O)C(C)NC(=O)C1(C)CCCCC1c1ccc(-n2ccc(C=O)c2)cc1. The van der Waals surface area contributed by atoms with E-state index in [1.807, 2.05) is 29.8 Å². The van der Waals surface area contributed by atoms with Gasteiger partial charge in [0.1, 0.15) is 6.04 Å². The van der Waals surface area contributed by atoms with Crippen molar-refractivity contribution in [2.75, 3.05) is 7.11 Å². The number of hydrogen-bond acceptors (Lipinski definition) is 4. The lowest BCUT2D eigenvalue weighted by atomic mass is 9.64. The quantitative estimate of drug-likeness (QED) is 0.597. The van der Waals surface area contributed by atoms with Gasteiger partial charge in [-0.15, -0.1) is 0 Å². The van der Waals surface area contributed by atoms with Crippen LogP contribution in [-0.2, 0) is 14.3 Å². The summed E-state index contributed by atoms with van der Waals surface area (Å²) < 4.78 is 6.63. The molecule has 1 N–H and O–H groups in total. The summed E-state index contributed by atoms with van der Waals surface area (Å²) in [5, 5.41) is 2.84. The number of carbonyl (C=O) groups excluding carboxylic acids is 3. The first-order valence-corrected chi connectivity index (χ1v) is 10.0. The fraction of sp³-hybridized carbons (Fsp3) is 0.435. The van der Waals surface area contributed by atoms with Crippen molar-refractivity contribution in [3.05, 3.63) is 53.9 Å². The third-order valence-corrected chi connectivity index (χ3v) is 6.07. The smallest absolute Gasteiger partial charge is 0.328 e. The van der Waals surface area contributed by atoms with Crippen molar-refractivity contribution in [2.45, 2.75) is 51.5 Å². The Morgan fingerprint density at radius 3 is 2.59 bits per heavy atom. The maximum Gasteiger partial charge on any atom is 0.328 e. The molecule has 1 aromatic heterocycles. The molecule has 0 aliphatic heterocycles. The third kappa shape index (κ3) is 4.26. The van der Waals surface area contributed by atoms with Crippen LogP contribution in [0.1, 0.15) is 61.4 Å². The molecule has 2 aromatic rings. The van der Waals surface area contributed by atoms with E-state index in [1.165, 1.54) is 7.11 Å². The molecule has 1 aliphatic carbocycles. The molecular formula is C23H28N2O4. The van der Waals surface area contributed by atoms with Gasteiger partial charge >= 0.3 is 5.97 Å². The van der Waals surface area contributed by atoms with Crippen LogP contribution in [0.3, 0.4) is 0 Å². The maximum atomic E-state index is 13.1. The van der Waals surface area contributed by atoms with Crippen molar-refractivity contribution < 1.29 is 19.1 Å². The van der Waals surface area contributed by atoms with E-state index in [-0.39, 0.29) is 11.8 Å². The Balaban J connectivity index is 1.82. The molecule has 1 heterocycles. The van der Waals surface area contributed by atoms with Crippen molar-refractivity contribution >= 4 is 18.2 Å². The van der Waals surface area contributed by atoms with E-state index in [0.717, 1.165) is 43.2 Å². The molecule has 1 aromatic carbocycles. The fourth-order valence-corrected chi connectivity index (χ4v) is 4.26. The van der Waals surface area contributed by atoms with Gasteiger partial charge in [0.05, 0.1) is 12.5 Å². The van der Waals surface area contributed by atoms with Crippen molar-refractivity contribution in [3.63, 3.8) is 0 Å². The highest BCUT2D eigenvalue weighted by molar-refractivity contribution is 5.88. The lowest BCUT2D eigenvalue weighted by molar-refractivity contribution is -0.146. The van der Waals surface area contributed by atoms with E-state index in [2.05, 4.69) is 17.4 Å². The standard InChI is InChI=1S/C23H28N2O4/c1-16(21(27)29-3)24-22(28)23(2)12-5-4-6-20(23)18-7-9-19(10-8-18)25-13-11-17(14-25)15-26/h7-11,13-16,20H,4-6,12H2,1-3H3,(H,24,28).